The molecule has 5 heteroatoms. The van der Waals surface area contributed by atoms with Gasteiger partial charge in [0, 0.05) is 15.7 Å². The van der Waals surface area contributed by atoms with Gasteiger partial charge < -0.3 is 10.5 Å². The van der Waals surface area contributed by atoms with Gasteiger partial charge in [-0.25, -0.2) is 4.39 Å². The van der Waals surface area contributed by atoms with Crippen molar-refractivity contribution >= 4 is 33.2 Å². The van der Waals surface area contributed by atoms with Crippen LogP contribution in [0, 0.1) is 5.82 Å². The van der Waals surface area contributed by atoms with Crippen LogP contribution in [0.15, 0.2) is 40.9 Å². The molecule has 0 atom stereocenters. The van der Waals surface area contributed by atoms with Gasteiger partial charge in [0.25, 0.3) is 0 Å². The molecule has 0 heterocycles. The fourth-order valence-corrected chi connectivity index (χ4v) is 2.18. The summed E-state index contributed by atoms with van der Waals surface area (Å²) in [5.74, 6) is 0.188. The van der Waals surface area contributed by atoms with Gasteiger partial charge in [0.1, 0.15) is 18.2 Å². The fourth-order valence-electron chi connectivity index (χ4n) is 1.45. The average Bonchev–Trinajstić information content (AvgIpc) is 2.32. The fraction of sp³-hybridized carbons (Fsp3) is 0.0769. The Balaban J connectivity index is 2.13. The summed E-state index contributed by atoms with van der Waals surface area (Å²) >= 11 is 9.31. The zero-order chi connectivity index (χ0) is 13.1. The maximum atomic E-state index is 13.1. The van der Waals surface area contributed by atoms with Crippen molar-refractivity contribution in [1.82, 2.24) is 0 Å². The highest BCUT2D eigenvalue weighted by Gasteiger charge is 2.05. The van der Waals surface area contributed by atoms with Gasteiger partial charge in [-0.15, -0.1) is 0 Å². The summed E-state index contributed by atoms with van der Waals surface area (Å²) in [7, 11) is 0. The number of hydrogen-bond acceptors (Lipinski definition) is 2. The molecular weight excluding hydrogens is 321 g/mol. The molecule has 2 rings (SSSR count). The van der Waals surface area contributed by atoms with Crippen molar-refractivity contribution in [1.29, 1.82) is 0 Å². The number of nitrogens with two attached hydrogens (primary N) is 1. The quantitative estimate of drug-likeness (QED) is 0.846. The highest BCUT2D eigenvalue weighted by atomic mass is 79.9. The molecule has 2 aromatic carbocycles. The van der Waals surface area contributed by atoms with E-state index in [4.69, 9.17) is 22.1 Å². The number of benzene rings is 2. The Morgan fingerprint density at radius 3 is 2.72 bits per heavy atom. The predicted molar refractivity (Wildman–Crippen MR) is 74.3 cm³/mol. The van der Waals surface area contributed by atoms with Gasteiger partial charge in [0.15, 0.2) is 0 Å². The van der Waals surface area contributed by atoms with E-state index < -0.39 is 0 Å². The lowest BCUT2D eigenvalue weighted by Crippen LogP contribution is -2.01. The summed E-state index contributed by atoms with van der Waals surface area (Å²) in [6, 6.07) is 9.45. The molecule has 0 amide bonds. The molecule has 18 heavy (non-hydrogen) atoms. The molecular formula is C13H10BrClFNO. The van der Waals surface area contributed by atoms with Gasteiger partial charge >= 0.3 is 0 Å². The van der Waals surface area contributed by atoms with Crippen molar-refractivity contribution in [2.45, 2.75) is 6.61 Å². The van der Waals surface area contributed by atoms with Crippen LogP contribution in [0.4, 0.5) is 10.1 Å². The van der Waals surface area contributed by atoms with E-state index in [1.165, 1.54) is 18.2 Å². The van der Waals surface area contributed by atoms with Crippen molar-refractivity contribution in [3.8, 4) is 5.75 Å². The average molecular weight is 331 g/mol. The second-order valence-electron chi connectivity index (χ2n) is 3.71. The van der Waals surface area contributed by atoms with Gasteiger partial charge in [-0.2, -0.15) is 0 Å². The van der Waals surface area contributed by atoms with Gasteiger partial charge in [0.05, 0.1) is 5.02 Å². The van der Waals surface area contributed by atoms with Crippen molar-refractivity contribution in [3.63, 3.8) is 0 Å². The van der Waals surface area contributed by atoms with E-state index in [1.54, 1.807) is 12.1 Å². The smallest absolute Gasteiger partial charge is 0.138 e. The zero-order valence-electron chi connectivity index (χ0n) is 9.29. The Bertz CT molecular complexity index is 577. The second-order valence-corrected chi connectivity index (χ2v) is 5.03. The minimum atomic E-state index is -0.343. The second kappa shape index (κ2) is 5.59. The first-order valence-electron chi connectivity index (χ1n) is 5.18. The SMILES string of the molecule is Nc1ccc(F)cc1COc1ccc(Br)cc1Cl. The van der Waals surface area contributed by atoms with E-state index in [0.717, 1.165) is 4.47 Å². The van der Waals surface area contributed by atoms with Gasteiger partial charge in [-0.05, 0) is 36.4 Å². The van der Waals surface area contributed by atoms with E-state index in [9.17, 15) is 4.39 Å². The summed E-state index contributed by atoms with van der Waals surface area (Å²) in [4.78, 5) is 0. The highest BCUT2D eigenvalue weighted by molar-refractivity contribution is 9.10. The van der Waals surface area contributed by atoms with Crippen molar-refractivity contribution in [3.05, 3.63) is 57.3 Å². The molecule has 0 saturated carbocycles. The number of rotatable bonds is 3. The van der Waals surface area contributed by atoms with Crippen LogP contribution in [-0.4, -0.2) is 0 Å². The summed E-state index contributed by atoms with van der Waals surface area (Å²) in [6.07, 6.45) is 0. The molecule has 2 N–H and O–H groups in total. The van der Waals surface area contributed by atoms with Crippen molar-refractivity contribution < 1.29 is 9.13 Å². The van der Waals surface area contributed by atoms with Crippen LogP contribution in [0.5, 0.6) is 5.75 Å². The topological polar surface area (TPSA) is 35.2 Å². The number of nitrogen functional groups attached to an aromatic ring is 1. The Morgan fingerprint density at radius 2 is 2.00 bits per heavy atom. The molecule has 94 valence electrons. The Hall–Kier alpha value is -1.26. The number of anilines is 1. The maximum Gasteiger partial charge on any atom is 0.138 e. The predicted octanol–water partition coefficient (Wildman–Crippen LogP) is 4.40. The summed E-state index contributed by atoms with van der Waals surface area (Å²) in [5.41, 5.74) is 6.81. The summed E-state index contributed by atoms with van der Waals surface area (Å²) < 4.78 is 19.4. The number of hydrogen-bond donors (Lipinski definition) is 1. The summed E-state index contributed by atoms with van der Waals surface area (Å²) in [6.45, 7) is 0.172. The largest absolute Gasteiger partial charge is 0.487 e. The van der Waals surface area contributed by atoms with Gasteiger partial charge in [-0.1, -0.05) is 27.5 Å². The van der Waals surface area contributed by atoms with E-state index in [1.807, 2.05) is 6.07 Å². The van der Waals surface area contributed by atoms with Crippen LogP contribution in [0.3, 0.4) is 0 Å². The molecule has 0 aliphatic heterocycles. The third kappa shape index (κ3) is 3.15. The molecule has 0 fully saturated rings. The Morgan fingerprint density at radius 1 is 1.22 bits per heavy atom. The maximum absolute atomic E-state index is 13.1. The molecule has 0 aliphatic rings. The van der Waals surface area contributed by atoms with Crippen LogP contribution in [0.1, 0.15) is 5.56 Å². The Kier molecular flexibility index (Phi) is 4.09. The first kappa shape index (κ1) is 13.2. The third-order valence-electron chi connectivity index (χ3n) is 2.38. The first-order chi connectivity index (χ1) is 8.56. The molecule has 0 spiro atoms. The minimum absolute atomic E-state index is 0.172. The zero-order valence-corrected chi connectivity index (χ0v) is 11.6. The van der Waals surface area contributed by atoms with E-state index in [0.29, 0.717) is 22.0 Å². The molecule has 0 unspecified atom stereocenters. The molecule has 0 radical (unpaired) electrons. The lowest BCUT2D eigenvalue weighted by molar-refractivity contribution is 0.306. The van der Waals surface area contributed by atoms with Crippen molar-refractivity contribution in [2.24, 2.45) is 0 Å². The standard InChI is InChI=1S/C13H10BrClFNO/c14-9-1-4-13(11(15)6-9)18-7-8-5-10(16)2-3-12(8)17/h1-6H,7,17H2. The van der Waals surface area contributed by atoms with Crippen LogP contribution < -0.4 is 10.5 Å². The van der Waals surface area contributed by atoms with E-state index in [2.05, 4.69) is 15.9 Å². The minimum Gasteiger partial charge on any atom is -0.487 e. The summed E-state index contributed by atoms with van der Waals surface area (Å²) in [5, 5.41) is 0.486. The van der Waals surface area contributed by atoms with E-state index in [-0.39, 0.29) is 12.4 Å². The first-order valence-corrected chi connectivity index (χ1v) is 6.35. The molecule has 0 bridgehead atoms. The van der Waals surface area contributed by atoms with Gasteiger partial charge in [-0.3, -0.25) is 0 Å². The molecule has 2 nitrogen and oxygen atoms in total. The van der Waals surface area contributed by atoms with E-state index >= 15 is 0 Å². The molecule has 0 saturated heterocycles. The normalized spacial score (nSPS) is 10.4. The van der Waals surface area contributed by atoms with Gasteiger partial charge in [0.2, 0.25) is 0 Å². The van der Waals surface area contributed by atoms with Crippen LogP contribution in [-0.2, 0) is 6.61 Å². The molecule has 0 aromatic heterocycles. The highest BCUT2D eigenvalue weighted by Crippen LogP contribution is 2.28. The number of halogens is 3. The number of ether oxygens (including phenoxy) is 1. The van der Waals surface area contributed by atoms with Crippen molar-refractivity contribution in [2.75, 3.05) is 5.73 Å². The lowest BCUT2D eigenvalue weighted by Gasteiger charge is -2.10. The monoisotopic (exact) mass is 329 g/mol. The third-order valence-corrected chi connectivity index (χ3v) is 3.17. The van der Waals surface area contributed by atoms with Crippen LogP contribution >= 0.6 is 27.5 Å². The molecule has 2 aromatic rings. The van der Waals surface area contributed by atoms with Crippen LogP contribution in [0.25, 0.3) is 0 Å². The molecule has 0 aliphatic carbocycles. The van der Waals surface area contributed by atoms with Crippen LogP contribution in [0.2, 0.25) is 5.02 Å². The Labute approximate surface area is 118 Å². The lowest BCUT2D eigenvalue weighted by atomic mass is 10.2.